The first-order chi connectivity index (χ1) is 16.0. The quantitative estimate of drug-likeness (QED) is 0.106. The van der Waals surface area contributed by atoms with Gasteiger partial charge in [0.15, 0.2) is 0 Å². The SMILES string of the molecule is CCCCCCCCCCCCCCCCCCCCCCCCC(C)(C)C(C)CCCC. The van der Waals surface area contributed by atoms with Gasteiger partial charge in [-0.05, 0) is 17.8 Å². The summed E-state index contributed by atoms with van der Waals surface area (Å²) in [4.78, 5) is 0. The molecular weight excluding hydrogens is 396 g/mol. The average Bonchev–Trinajstić information content (AvgIpc) is 2.80. The van der Waals surface area contributed by atoms with E-state index in [0.29, 0.717) is 5.41 Å². The predicted molar refractivity (Wildman–Crippen MR) is 154 cm³/mol. The third kappa shape index (κ3) is 23.5. The molecule has 0 rings (SSSR count). The van der Waals surface area contributed by atoms with Gasteiger partial charge in [-0.2, -0.15) is 0 Å². The number of hydrogen-bond acceptors (Lipinski definition) is 0. The average molecular weight is 465 g/mol. The third-order valence-electron chi connectivity index (χ3n) is 8.50. The summed E-state index contributed by atoms with van der Waals surface area (Å²) in [6.45, 7) is 12.1. The Kier molecular flexibility index (Phi) is 25.1. The van der Waals surface area contributed by atoms with Crippen molar-refractivity contribution >= 4 is 0 Å². The molecule has 0 aliphatic carbocycles. The molecule has 0 radical (unpaired) electrons. The van der Waals surface area contributed by atoms with Crippen LogP contribution in [0.25, 0.3) is 0 Å². The molecular formula is C33H68. The summed E-state index contributed by atoms with van der Waals surface area (Å²) in [5, 5.41) is 0. The van der Waals surface area contributed by atoms with E-state index in [4.69, 9.17) is 0 Å². The largest absolute Gasteiger partial charge is 0.0654 e. The van der Waals surface area contributed by atoms with Crippen LogP contribution >= 0.6 is 0 Å². The van der Waals surface area contributed by atoms with E-state index in [-0.39, 0.29) is 0 Å². The molecule has 0 fully saturated rings. The number of hydrogen-bond donors (Lipinski definition) is 0. The summed E-state index contributed by atoms with van der Waals surface area (Å²) in [5.74, 6) is 0.882. The highest BCUT2D eigenvalue weighted by atomic mass is 14.3. The molecule has 1 atom stereocenters. The van der Waals surface area contributed by atoms with Gasteiger partial charge in [0.25, 0.3) is 0 Å². The first-order valence-corrected chi connectivity index (χ1v) is 16.0. The Morgan fingerprint density at radius 3 is 0.970 bits per heavy atom. The van der Waals surface area contributed by atoms with Gasteiger partial charge < -0.3 is 0 Å². The Morgan fingerprint density at radius 2 is 0.667 bits per heavy atom. The number of rotatable bonds is 27. The minimum absolute atomic E-state index is 0.544. The maximum absolute atomic E-state index is 2.50. The zero-order valence-electron chi connectivity index (χ0n) is 24.5. The van der Waals surface area contributed by atoms with Gasteiger partial charge in [0.05, 0.1) is 0 Å². The van der Waals surface area contributed by atoms with E-state index < -0.39 is 0 Å². The van der Waals surface area contributed by atoms with Gasteiger partial charge in [-0.25, -0.2) is 0 Å². The van der Waals surface area contributed by atoms with Crippen molar-refractivity contribution in [1.29, 1.82) is 0 Å². The molecule has 200 valence electrons. The normalized spacial score (nSPS) is 13.0. The maximum atomic E-state index is 2.50. The van der Waals surface area contributed by atoms with Gasteiger partial charge in [-0.3, -0.25) is 0 Å². The highest BCUT2D eigenvalue weighted by Crippen LogP contribution is 2.35. The summed E-state index contributed by atoms with van der Waals surface area (Å²) >= 11 is 0. The highest BCUT2D eigenvalue weighted by Gasteiger charge is 2.24. The molecule has 0 nitrogen and oxygen atoms in total. The van der Waals surface area contributed by atoms with Crippen molar-refractivity contribution < 1.29 is 0 Å². The summed E-state index contributed by atoms with van der Waals surface area (Å²) in [5.41, 5.74) is 0.544. The molecule has 0 aromatic rings. The first-order valence-electron chi connectivity index (χ1n) is 16.0. The summed E-state index contributed by atoms with van der Waals surface area (Å²) < 4.78 is 0. The fraction of sp³-hybridized carbons (Fsp3) is 1.00. The second-order valence-corrected chi connectivity index (χ2v) is 12.2. The van der Waals surface area contributed by atoms with Crippen molar-refractivity contribution in [2.24, 2.45) is 11.3 Å². The topological polar surface area (TPSA) is 0 Å². The maximum Gasteiger partial charge on any atom is -0.0329 e. The molecule has 0 amide bonds. The fourth-order valence-corrected chi connectivity index (χ4v) is 5.34. The van der Waals surface area contributed by atoms with Crippen LogP contribution in [0.4, 0.5) is 0 Å². The minimum atomic E-state index is 0.544. The van der Waals surface area contributed by atoms with Crippen molar-refractivity contribution in [1.82, 2.24) is 0 Å². The predicted octanol–water partition coefficient (Wildman–Crippen LogP) is 12.8. The van der Waals surface area contributed by atoms with Crippen LogP contribution in [0.1, 0.15) is 202 Å². The van der Waals surface area contributed by atoms with E-state index in [0.717, 1.165) is 5.92 Å². The van der Waals surface area contributed by atoms with E-state index >= 15 is 0 Å². The van der Waals surface area contributed by atoms with Crippen LogP contribution in [0, 0.1) is 11.3 Å². The molecule has 0 aromatic heterocycles. The van der Waals surface area contributed by atoms with Crippen molar-refractivity contribution in [3.8, 4) is 0 Å². The van der Waals surface area contributed by atoms with E-state index in [2.05, 4.69) is 34.6 Å². The lowest BCUT2D eigenvalue weighted by Gasteiger charge is -2.32. The molecule has 0 heteroatoms. The lowest BCUT2D eigenvalue weighted by Crippen LogP contribution is -2.21. The molecule has 0 bridgehead atoms. The molecule has 0 aliphatic heterocycles. The molecule has 1 unspecified atom stereocenters. The van der Waals surface area contributed by atoms with Crippen LogP contribution in [0.15, 0.2) is 0 Å². The smallest absolute Gasteiger partial charge is 0.0329 e. The lowest BCUT2D eigenvalue weighted by molar-refractivity contribution is 0.190. The summed E-state index contributed by atoms with van der Waals surface area (Å²) in [6.07, 6.45) is 38.0. The Balaban J connectivity index is 3.21. The Labute approximate surface area is 212 Å². The molecule has 0 saturated carbocycles. The zero-order chi connectivity index (χ0) is 24.5. The second kappa shape index (κ2) is 25.1. The molecule has 0 N–H and O–H groups in total. The molecule has 0 aliphatic rings. The molecule has 0 aromatic carbocycles. The van der Waals surface area contributed by atoms with Gasteiger partial charge >= 0.3 is 0 Å². The standard InChI is InChI=1S/C33H68/c1-6-8-10-11-12-13-14-15-16-17-18-19-20-21-22-23-24-25-26-27-28-29-31-33(4,5)32(3)30-9-7-2/h32H,6-31H2,1-5H3. The van der Waals surface area contributed by atoms with Gasteiger partial charge in [-0.1, -0.05) is 195 Å². The van der Waals surface area contributed by atoms with Crippen molar-refractivity contribution in [2.75, 3.05) is 0 Å². The van der Waals surface area contributed by atoms with Gasteiger partial charge in [0, 0.05) is 0 Å². The number of unbranched alkanes of at least 4 members (excludes halogenated alkanes) is 22. The first kappa shape index (κ1) is 33.0. The van der Waals surface area contributed by atoms with Crippen LogP contribution in [0.3, 0.4) is 0 Å². The van der Waals surface area contributed by atoms with Crippen LogP contribution in [-0.2, 0) is 0 Å². The van der Waals surface area contributed by atoms with Gasteiger partial charge in [0.1, 0.15) is 0 Å². The van der Waals surface area contributed by atoms with Gasteiger partial charge in [0.2, 0.25) is 0 Å². The molecule has 0 heterocycles. The summed E-state index contributed by atoms with van der Waals surface area (Å²) in [6, 6.07) is 0. The van der Waals surface area contributed by atoms with Gasteiger partial charge in [-0.15, -0.1) is 0 Å². The van der Waals surface area contributed by atoms with Crippen LogP contribution in [0.2, 0.25) is 0 Å². The highest BCUT2D eigenvalue weighted by molar-refractivity contribution is 4.75. The van der Waals surface area contributed by atoms with Crippen LogP contribution in [-0.4, -0.2) is 0 Å². The lowest BCUT2D eigenvalue weighted by atomic mass is 9.74. The fourth-order valence-electron chi connectivity index (χ4n) is 5.34. The Hall–Kier alpha value is 0. The van der Waals surface area contributed by atoms with E-state index in [1.165, 1.54) is 167 Å². The minimum Gasteiger partial charge on any atom is -0.0654 e. The monoisotopic (exact) mass is 465 g/mol. The van der Waals surface area contributed by atoms with Crippen LogP contribution < -0.4 is 0 Å². The molecule has 33 heavy (non-hydrogen) atoms. The van der Waals surface area contributed by atoms with Crippen molar-refractivity contribution in [3.05, 3.63) is 0 Å². The second-order valence-electron chi connectivity index (χ2n) is 12.2. The molecule has 0 saturated heterocycles. The van der Waals surface area contributed by atoms with Crippen molar-refractivity contribution in [3.63, 3.8) is 0 Å². The Bertz CT molecular complexity index is 355. The van der Waals surface area contributed by atoms with Crippen LogP contribution in [0.5, 0.6) is 0 Å². The third-order valence-corrected chi connectivity index (χ3v) is 8.50. The van der Waals surface area contributed by atoms with E-state index in [1.807, 2.05) is 0 Å². The van der Waals surface area contributed by atoms with E-state index in [1.54, 1.807) is 0 Å². The zero-order valence-corrected chi connectivity index (χ0v) is 24.5. The Morgan fingerprint density at radius 1 is 0.394 bits per heavy atom. The molecule has 0 spiro atoms. The summed E-state index contributed by atoms with van der Waals surface area (Å²) in [7, 11) is 0. The van der Waals surface area contributed by atoms with Crippen molar-refractivity contribution in [2.45, 2.75) is 202 Å². The van der Waals surface area contributed by atoms with E-state index in [9.17, 15) is 0 Å².